The molecule has 1 aromatic heterocycles. The van der Waals surface area contributed by atoms with Gasteiger partial charge in [-0.15, -0.1) is 0 Å². The Morgan fingerprint density at radius 1 is 1.26 bits per heavy atom. The molecule has 124 valence electrons. The summed E-state index contributed by atoms with van der Waals surface area (Å²) in [6, 6.07) is 5.85. The molecule has 3 fully saturated rings. The van der Waals surface area contributed by atoms with Crippen molar-refractivity contribution in [2.45, 2.75) is 56.8 Å². The van der Waals surface area contributed by atoms with Gasteiger partial charge in [0.2, 0.25) is 11.8 Å². The smallest absolute Gasteiger partial charge is 0.226 e. The largest absolute Gasteiger partial charge is 0.472 e. The number of amides is 1. The van der Waals surface area contributed by atoms with E-state index in [-0.39, 0.29) is 30.1 Å². The Bertz CT molecular complexity index is 561. The number of ether oxygens (including phenoxy) is 1. The van der Waals surface area contributed by atoms with E-state index >= 15 is 0 Å². The number of pyridine rings is 1. The fraction of sp³-hybridized carbons (Fsp3) is 0.667. The third-order valence-electron chi connectivity index (χ3n) is 5.78. The average Bonchev–Trinajstić information content (AvgIpc) is 2.52. The van der Waals surface area contributed by atoms with Gasteiger partial charge in [0.25, 0.3) is 0 Å². The first kappa shape index (κ1) is 14.9. The molecule has 3 aliphatic rings. The molecule has 5 heteroatoms. The second kappa shape index (κ2) is 6.11. The molecule has 2 saturated carbocycles. The molecular weight excluding hydrogens is 292 g/mol. The number of rotatable bonds is 3. The molecule has 2 aliphatic carbocycles. The summed E-state index contributed by atoms with van der Waals surface area (Å²) >= 11 is 0. The number of hydrogen-bond donors (Lipinski definition) is 1. The lowest BCUT2D eigenvalue weighted by Crippen LogP contribution is -2.60. The van der Waals surface area contributed by atoms with Crippen LogP contribution in [0.25, 0.3) is 0 Å². The Labute approximate surface area is 136 Å². The number of likely N-dealkylation sites (tertiary alicyclic amines) is 1. The van der Waals surface area contributed by atoms with E-state index in [9.17, 15) is 9.90 Å². The third kappa shape index (κ3) is 2.82. The van der Waals surface area contributed by atoms with Crippen molar-refractivity contribution in [1.29, 1.82) is 0 Å². The van der Waals surface area contributed by atoms with E-state index in [2.05, 4.69) is 4.98 Å². The Hall–Kier alpha value is -1.62. The lowest BCUT2D eigenvalue weighted by Gasteiger charge is -2.50. The van der Waals surface area contributed by atoms with Gasteiger partial charge in [0, 0.05) is 30.1 Å². The average molecular weight is 316 g/mol. The van der Waals surface area contributed by atoms with Crippen LogP contribution in [0.5, 0.6) is 5.88 Å². The van der Waals surface area contributed by atoms with Gasteiger partial charge >= 0.3 is 0 Å². The van der Waals surface area contributed by atoms with Crippen LogP contribution in [0.2, 0.25) is 0 Å². The number of hydrogen-bond acceptors (Lipinski definition) is 4. The van der Waals surface area contributed by atoms with E-state index in [1.165, 1.54) is 6.42 Å². The first-order chi connectivity index (χ1) is 11.2. The summed E-state index contributed by atoms with van der Waals surface area (Å²) in [5, 5.41) is 10.4. The first-order valence-corrected chi connectivity index (χ1v) is 8.78. The summed E-state index contributed by atoms with van der Waals surface area (Å²) in [6.45, 7) is 0.582. The molecule has 4 rings (SSSR count). The maximum absolute atomic E-state index is 12.8. The standard InChI is InChI=1S/C18H24N2O3/c21-15-8-7-13-10-14(15)16(23-17-6-1-2-9-19-17)11-20(13)18(22)12-4-3-5-12/h1-2,6,9,12-16,21H,3-5,7-8,10-11H2/t13-,14-,15+,16-/m0/s1. The van der Waals surface area contributed by atoms with Crippen molar-refractivity contribution in [2.24, 2.45) is 11.8 Å². The number of nitrogens with zero attached hydrogens (tertiary/aromatic N) is 2. The number of fused-ring (bicyclic) bond motifs is 2. The van der Waals surface area contributed by atoms with Crippen LogP contribution < -0.4 is 4.74 Å². The molecule has 23 heavy (non-hydrogen) atoms. The minimum Gasteiger partial charge on any atom is -0.472 e. The van der Waals surface area contributed by atoms with Gasteiger partial charge in [0.1, 0.15) is 6.10 Å². The Kier molecular flexibility index (Phi) is 3.97. The zero-order valence-electron chi connectivity index (χ0n) is 13.3. The zero-order chi connectivity index (χ0) is 15.8. The molecule has 1 aromatic rings. The lowest BCUT2D eigenvalue weighted by molar-refractivity contribution is -0.152. The highest BCUT2D eigenvalue weighted by Gasteiger charge is 2.46. The van der Waals surface area contributed by atoms with Crippen LogP contribution in [0.15, 0.2) is 24.4 Å². The van der Waals surface area contributed by atoms with Gasteiger partial charge in [-0.3, -0.25) is 4.79 Å². The van der Waals surface area contributed by atoms with Gasteiger partial charge in [-0.2, -0.15) is 0 Å². The number of aromatic nitrogens is 1. The van der Waals surface area contributed by atoms with Crippen molar-refractivity contribution in [3.8, 4) is 5.88 Å². The number of aliphatic hydroxyl groups excluding tert-OH is 1. The molecule has 0 unspecified atom stereocenters. The van der Waals surface area contributed by atoms with Gasteiger partial charge in [-0.25, -0.2) is 4.98 Å². The maximum Gasteiger partial charge on any atom is 0.226 e. The maximum atomic E-state index is 12.8. The summed E-state index contributed by atoms with van der Waals surface area (Å²) in [5.41, 5.74) is 0. The molecule has 1 N–H and O–H groups in total. The van der Waals surface area contributed by atoms with Gasteiger partial charge in [0.15, 0.2) is 0 Å². The second-order valence-corrected chi connectivity index (χ2v) is 7.14. The van der Waals surface area contributed by atoms with Crippen molar-refractivity contribution in [3.05, 3.63) is 24.4 Å². The number of piperidine rings is 1. The van der Waals surface area contributed by atoms with Crippen LogP contribution in [0, 0.1) is 11.8 Å². The normalized spacial score (nSPS) is 33.9. The Morgan fingerprint density at radius 2 is 2.13 bits per heavy atom. The molecule has 0 radical (unpaired) electrons. The summed E-state index contributed by atoms with van der Waals surface area (Å²) in [7, 11) is 0. The van der Waals surface area contributed by atoms with E-state index in [1.54, 1.807) is 6.20 Å². The van der Waals surface area contributed by atoms with Crippen LogP contribution in [0.3, 0.4) is 0 Å². The van der Waals surface area contributed by atoms with Crippen molar-refractivity contribution < 1.29 is 14.6 Å². The first-order valence-electron chi connectivity index (χ1n) is 8.78. The summed E-state index contributed by atoms with van der Waals surface area (Å²) in [5.74, 6) is 1.19. The second-order valence-electron chi connectivity index (χ2n) is 7.14. The van der Waals surface area contributed by atoms with Crippen molar-refractivity contribution in [1.82, 2.24) is 9.88 Å². The van der Waals surface area contributed by atoms with Crippen molar-refractivity contribution >= 4 is 5.91 Å². The summed E-state index contributed by atoms with van der Waals surface area (Å²) in [4.78, 5) is 19.0. The van der Waals surface area contributed by atoms with Crippen LogP contribution in [0.4, 0.5) is 0 Å². The molecule has 2 heterocycles. The number of aliphatic hydroxyl groups is 1. The van der Waals surface area contributed by atoms with Gasteiger partial charge in [-0.05, 0) is 38.2 Å². The molecule has 0 aromatic carbocycles. The third-order valence-corrected chi connectivity index (χ3v) is 5.78. The van der Waals surface area contributed by atoms with Crippen LogP contribution >= 0.6 is 0 Å². The minimum absolute atomic E-state index is 0.0983. The summed E-state index contributed by atoms with van der Waals surface area (Å²) in [6.07, 6.45) is 6.94. The predicted molar refractivity (Wildman–Crippen MR) is 84.8 cm³/mol. The van der Waals surface area contributed by atoms with Crippen LogP contribution in [0.1, 0.15) is 38.5 Å². The quantitative estimate of drug-likeness (QED) is 0.926. The van der Waals surface area contributed by atoms with E-state index in [1.807, 2.05) is 23.1 Å². The molecule has 0 spiro atoms. The minimum atomic E-state index is -0.332. The number of carbonyl (C=O) groups excluding carboxylic acids is 1. The van der Waals surface area contributed by atoms with E-state index in [0.717, 1.165) is 32.1 Å². The van der Waals surface area contributed by atoms with Gasteiger partial charge < -0.3 is 14.7 Å². The zero-order valence-corrected chi connectivity index (χ0v) is 13.3. The van der Waals surface area contributed by atoms with Crippen molar-refractivity contribution in [2.75, 3.05) is 6.54 Å². The molecule has 4 atom stereocenters. The SMILES string of the molecule is O=C(C1CCC1)N1C[C@H](Oc2ccccn2)[C@H]2C[C@@H]1CC[C@H]2O. The molecule has 1 amide bonds. The van der Waals surface area contributed by atoms with E-state index in [4.69, 9.17) is 4.74 Å². The molecule has 1 aliphatic heterocycles. The predicted octanol–water partition coefficient (Wildman–Crippen LogP) is 2.00. The highest BCUT2D eigenvalue weighted by atomic mass is 16.5. The van der Waals surface area contributed by atoms with Gasteiger partial charge in [-0.1, -0.05) is 12.5 Å². The lowest BCUT2D eigenvalue weighted by atomic mass is 9.74. The van der Waals surface area contributed by atoms with Crippen molar-refractivity contribution in [3.63, 3.8) is 0 Å². The molecular formula is C18H24N2O3. The Balaban J connectivity index is 1.52. The molecule has 2 bridgehead atoms. The highest BCUT2D eigenvalue weighted by molar-refractivity contribution is 5.80. The van der Waals surface area contributed by atoms with Crippen LogP contribution in [-0.2, 0) is 4.79 Å². The summed E-state index contributed by atoms with van der Waals surface area (Å²) < 4.78 is 6.06. The van der Waals surface area contributed by atoms with E-state index in [0.29, 0.717) is 18.3 Å². The highest BCUT2D eigenvalue weighted by Crippen LogP contribution is 2.39. The topological polar surface area (TPSA) is 62.7 Å². The monoisotopic (exact) mass is 316 g/mol. The van der Waals surface area contributed by atoms with Gasteiger partial charge in [0.05, 0.1) is 12.6 Å². The fourth-order valence-electron chi connectivity index (χ4n) is 4.18. The van der Waals surface area contributed by atoms with Crippen LogP contribution in [-0.4, -0.2) is 45.7 Å². The fourth-order valence-corrected chi connectivity index (χ4v) is 4.18. The molecule has 1 saturated heterocycles. The Morgan fingerprint density at radius 3 is 2.83 bits per heavy atom. The number of carbonyl (C=O) groups is 1. The molecule has 5 nitrogen and oxygen atoms in total. The van der Waals surface area contributed by atoms with E-state index < -0.39 is 0 Å².